The van der Waals surface area contributed by atoms with E-state index >= 15 is 0 Å². The van der Waals surface area contributed by atoms with Crippen molar-refractivity contribution in [1.29, 1.82) is 0 Å². The van der Waals surface area contributed by atoms with E-state index in [1.54, 1.807) is 36.4 Å². The quantitative estimate of drug-likeness (QED) is 0.383. The first-order valence-electron chi connectivity index (χ1n) is 12.3. The van der Waals surface area contributed by atoms with Crippen LogP contribution in [0.15, 0.2) is 36.4 Å². The molecule has 11 nitrogen and oxygen atoms in total. The molecule has 2 aromatic carbocycles. The first-order valence-corrected chi connectivity index (χ1v) is 12.3. The molecule has 2 aliphatic rings. The molecule has 7 atom stereocenters. The minimum absolute atomic E-state index is 0.110. The number of methoxy groups -OCH3 is 4. The molecule has 0 saturated carbocycles. The zero-order valence-electron chi connectivity index (χ0n) is 21.7. The number of hydrogen-bond acceptors (Lipinski definition) is 11. The van der Waals surface area contributed by atoms with Crippen LogP contribution in [0.1, 0.15) is 34.9 Å². The summed E-state index contributed by atoms with van der Waals surface area (Å²) >= 11 is 0. The van der Waals surface area contributed by atoms with E-state index in [2.05, 4.69) is 0 Å². The highest BCUT2D eigenvalue weighted by molar-refractivity contribution is 5.96. The van der Waals surface area contributed by atoms with Gasteiger partial charge in [-0.3, -0.25) is 4.79 Å². The summed E-state index contributed by atoms with van der Waals surface area (Å²) in [5.41, 5.74) is 1.11. The Kier molecular flexibility index (Phi) is 9.08. The van der Waals surface area contributed by atoms with Crippen molar-refractivity contribution in [3.63, 3.8) is 0 Å². The van der Waals surface area contributed by atoms with Crippen LogP contribution >= 0.6 is 0 Å². The average Bonchev–Trinajstić information content (AvgIpc) is 2.96. The molecule has 4 rings (SSSR count). The zero-order valence-corrected chi connectivity index (χ0v) is 21.7. The molecule has 38 heavy (non-hydrogen) atoms. The van der Waals surface area contributed by atoms with Gasteiger partial charge in [-0.1, -0.05) is 6.07 Å². The monoisotopic (exact) mass is 534 g/mol. The van der Waals surface area contributed by atoms with Crippen LogP contribution in [0.5, 0.6) is 23.0 Å². The van der Waals surface area contributed by atoms with Gasteiger partial charge in [-0.05, 0) is 42.3 Å². The van der Waals surface area contributed by atoms with Gasteiger partial charge in [-0.2, -0.15) is 0 Å². The molecule has 208 valence electrons. The summed E-state index contributed by atoms with van der Waals surface area (Å²) in [4.78, 5) is 13.1. The summed E-state index contributed by atoms with van der Waals surface area (Å²) < 4.78 is 39.5. The maximum absolute atomic E-state index is 13.1. The van der Waals surface area contributed by atoms with Gasteiger partial charge in [0.05, 0.1) is 41.2 Å². The third-order valence-corrected chi connectivity index (χ3v) is 6.87. The Morgan fingerprint density at radius 3 is 2.03 bits per heavy atom. The van der Waals surface area contributed by atoms with Crippen molar-refractivity contribution in [2.45, 2.75) is 55.8 Å². The summed E-state index contributed by atoms with van der Waals surface area (Å²) in [6.07, 6.45) is -6.87. The number of hydrogen-bond donors (Lipinski definition) is 3. The summed E-state index contributed by atoms with van der Waals surface area (Å²) in [5, 5.41) is 30.6. The third-order valence-electron chi connectivity index (χ3n) is 6.87. The van der Waals surface area contributed by atoms with Crippen molar-refractivity contribution < 1.29 is 53.3 Å². The van der Waals surface area contributed by atoms with Gasteiger partial charge in [0.25, 0.3) is 0 Å². The van der Waals surface area contributed by atoms with Crippen LogP contribution in [-0.4, -0.2) is 93.0 Å². The molecule has 0 radical (unpaired) electrons. The van der Waals surface area contributed by atoms with Crippen molar-refractivity contribution in [1.82, 2.24) is 0 Å². The van der Waals surface area contributed by atoms with Gasteiger partial charge in [0.2, 0.25) is 0 Å². The van der Waals surface area contributed by atoms with Crippen LogP contribution in [0.4, 0.5) is 0 Å². The first kappa shape index (κ1) is 28.1. The summed E-state index contributed by atoms with van der Waals surface area (Å²) in [5.74, 6) is 1.81. The van der Waals surface area contributed by atoms with Gasteiger partial charge in [-0.15, -0.1) is 0 Å². The molecule has 0 spiro atoms. The number of benzene rings is 2. The fourth-order valence-corrected chi connectivity index (χ4v) is 4.78. The minimum atomic E-state index is -1.36. The molecule has 2 saturated heterocycles. The molecule has 0 bridgehead atoms. The van der Waals surface area contributed by atoms with E-state index in [1.165, 1.54) is 28.4 Å². The van der Waals surface area contributed by atoms with Crippen molar-refractivity contribution in [2.24, 2.45) is 0 Å². The number of fused-ring (bicyclic) bond motifs is 1. The lowest BCUT2D eigenvalue weighted by atomic mass is 9.93. The van der Waals surface area contributed by atoms with E-state index in [4.69, 9.17) is 33.2 Å². The van der Waals surface area contributed by atoms with Crippen LogP contribution in [0.25, 0.3) is 0 Å². The first-order chi connectivity index (χ1) is 18.3. The Morgan fingerprint density at radius 1 is 0.789 bits per heavy atom. The largest absolute Gasteiger partial charge is 0.493 e. The Bertz CT molecular complexity index is 1110. The second-order valence-electron chi connectivity index (χ2n) is 9.05. The number of rotatable bonds is 10. The normalized spacial score (nSPS) is 28.8. The van der Waals surface area contributed by atoms with Crippen LogP contribution < -0.4 is 18.9 Å². The number of aliphatic hydroxyl groups excluding tert-OH is 3. The highest BCUT2D eigenvalue weighted by Crippen LogP contribution is 2.41. The molecule has 2 heterocycles. The van der Waals surface area contributed by atoms with Gasteiger partial charge in [0, 0.05) is 12.0 Å². The van der Waals surface area contributed by atoms with E-state index in [1.807, 2.05) is 0 Å². The predicted molar refractivity (Wildman–Crippen MR) is 133 cm³/mol. The van der Waals surface area contributed by atoms with Crippen molar-refractivity contribution >= 4 is 5.78 Å². The number of ether oxygens (including phenoxy) is 7. The molecule has 0 amide bonds. The SMILES string of the molecule is COc1ccc(C(=O)CC[C@H]2O[C@@H]3O[C@@H](CO)[C@@H](O)[C@H](O)[C@H]3O[C@@H]2c2ccc(OC)c(OC)c2)cc1OC. The highest BCUT2D eigenvalue weighted by Gasteiger charge is 2.51. The lowest BCUT2D eigenvalue weighted by Crippen LogP contribution is -2.63. The topological polar surface area (TPSA) is 142 Å². The van der Waals surface area contributed by atoms with E-state index < -0.39 is 49.5 Å². The lowest BCUT2D eigenvalue weighted by Gasteiger charge is -2.48. The van der Waals surface area contributed by atoms with Crippen molar-refractivity contribution in [2.75, 3.05) is 35.0 Å². The Labute approximate surface area is 220 Å². The zero-order chi connectivity index (χ0) is 27.4. The third kappa shape index (κ3) is 5.58. The predicted octanol–water partition coefficient (Wildman–Crippen LogP) is 1.65. The fourth-order valence-electron chi connectivity index (χ4n) is 4.78. The molecule has 0 unspecified atom stereocenters. The molecule has 3 N–H and O–H groups in total. The molecular weight excluding hydrogens is 500 g/mol. The van der Waals surface area contributed by atoms with Gasteiger partial charge in [0.15, 0.2) is 35.1 Å². The average molecular weight is 535 g/mol. The van der Waals surface area contributed by atoms with Crippen molar-refractivity contribution in [3.8, 4) is 23.0 Å². The number of ketones is 1. The number of Topliss-reactive ketones (excluding diaryl/α,β-unsaturated/α-hetero) is 1. The standard InChI is InChI=1S/C27H34O11/c1-32-17-8-5-14(11-20(17)34-3)16(29)7-10-19-25(15-6-9-18(33-2)21(12-15)35-4)38-26-24(31)23(30)22(13-28)37-27(26)36-19/h5-6,8-9,11-12,19,22-28,30-31H,7,10,13H2,1-4H3/t19-,22+,23-,24+,25-,26-,27-/m1/s1. The van der Waals surface area contributed by atoms with E-state index in [0.717, 1.165) is 0 Å². The van der Waals surface area contributed by atoms with Gasteiger partial charge < -0.3 is 48.5 Å². The Morgan fingerprint density at radius 2 is 1.39 bits per heavy atom. The van der Waals surface area contributed by atoms with Crippen LogP contribution in [0, 0.1) is 0 Å². The second kappa shape index (κ2) is 12.3. The van der Waals surface area contributed by atoms with Crippen LogP contribution in [0.2, 0.25) is 0 Å². The van der Waals surface area contributed by atoms with Crippen LogP contribution in [-0.2, 0) is 14.2 Å². The molecule has 0 aromatic heterocycles. The summed E-state index contributed by atoms with van der Waals surface area (Å²) in [7, 11) is 6.06. The maximum atomic E-state index is 13.1. The second-order valence-corrected chi connectivity index (χ2v) is 9.05. The summed E-state index contributed by atoms with van der Waals surface area (Å²) in [6.45, 7) is -0.508. The minimum Gasteiger partial charge on any atom is -0.493 e. The smallest absolute Gasteiger partial charge is 0.187 e. The maximum Gasteiger partial charge on any atom is 0.187 e. The molecule has 2 aromatic rings. The van der Waals surface area contributed by atoms with Gasteiger partial charge in [-0.25, -0.2) is 0 Å². The Balaban J connectivity index is 1.59. The van der Waals surface area contributed by atoms with E-state index in [-0.39, 0.29) is 18.6 Å². The lowest BCUT2D eigenvalue weighted by molar-refractivity contribution is -0.369. The van der Waals surface area contributed by atoms with Crippen LogP contribution in [0.3, 0.4) is 0 Å². The van der Waals surface area contributed by atoms with Crippen molar-refractivity contribution in [3.05, 3.63) is 47.5 Å². The van der Waals surface area contributed by atoms with E-state index in [0.29, 0.717) is 34.1 Å². The molecule has 0 aliphatic carbocycles. The number of carbonyl (C=O) groups is 1. The van der Waals surface area contributed by atoms with E-state index in [9.17, 15) is 20.1 Å². The fraction of sp³-hybridized carbons (Fsp3) is 0.519. The molecule has 2 aliphatic heterocycles. The van der Waals surface area contributed by atoms with Gasteiger partial charge >= 0.3 is 0 Å². The molecular formula is C27H34O11. The van der Waals surface area contributed by atoms with Gasteiger partial charge in [0.1, 0.15) is 30.5 Å². The molecule has 11 heteroatoms. The highest BCUT2D eigenvalue weighted by atomic mass is 16.7. The molecule has 2 fully saturated rings. The Hall–Kier alpha value is -2.93. The number of aliphatic hydroxyl groups is 3. The summed E-state index contributed by atoms with van der Waals surface area (Å²) in [6, 6.07) is 10.2. The number of carbonyl (C=O) groups excluding carboxylic acids is 1.